The molecule has 0 atom stereocenters. The zero-order valence-corrected chi connectivity index (χ0v) is 16.5. The number of halogens is 1. The summed E-state index contributed by atoms with van der Waals surface area (Å²) in [7, 11) is 6.86. The van der Waals surface area contributed by atoms with Crippen LogP contribution in [0.4, 0.5) is 0 Å². The maximum Gasteiger partial charge on any atom is 0.0780 e. The first kappa shape index (κ1) is 29.7. The minimum absolute atomic E-state index is 0. The summed E-state index contributed by atoms with van der Waals surface area (Å²) >= 11 is 0. The Bertz CT molecular complexity index is 215. The molecule has 3 N–H and O–H groups in total. The van der Waals surface area contributed by atoms with E-state index in [9.17, 15) is 0 Å². The van der Waals surface area contributed by atoms with Crippen molar-refractivity contribution in [3.8, 4) is 0 Å². The highest BCUT2D eigenvalue weighted by atomic mass is 35.5. The molecule has 0 aliphatic heterocycles. The van der Waals surface area contributed by atoms with E-state index in [0.29, 0.717) is 0 Å². The predicted molar refractivity (Wildman–Crippen MR) is 97.7 cm³/mol. The Hall–Kier alpha value is -0.320. The van der Waals surface area contributed by atoms with Crippen LogP contribution < -0.4 is 11.3 Å². The van der Waals surface area contributed by atoms with Crippen LogP contribution in [-0.2, 0) is 4.79 Å². The van der Waals surface area contributed by atoms with Crippen molar-refractivity contribution in [2.24, 2.45) is 0 Å². The molecule has 0 bridgehead atoms. The predicted octanol–water partition coefficient (Wildman–Crippen LogP) is 3.95. The number of carboxylic acids is 1. The molecule has 0 unspecified atom stereocenters. The molecule has 0 rings (SSSR count). The highest BCUT2D eigenvalue weighted by Gasteiger charge is 2.04. The summed E-state index contributed by atoms with van der Waals surface area (Å²) in [5, 5.41) is 8.89. The van der Waals surface area contributed by atoms with E-state index in [1.54, 1.807) is 0 Å². The summed E-state index contributed by atoms with van der Waals surface area (Å²) in [6.45, 7) is 4.59. The largest absolute Gasteiger partial charge is 0.550 e. The van der Waals surface area contributed by atoms with E-state index in [2.05, 4.69) is 28.1 Å². The number of carbonyl (C=O) groups excluding carboxylic acids is 1. The van der Waals surface area contributed by atoms with Gasteiger partial charge in [-0.3, -0.25) is 0 Å². The van der Waals surface area contributed by atoms with Crippen molar-refractivity contribution in [2.75, 3.05) is 27.7 Å². The molecular formula is C17H41ClN2O2. The normalized spacial score (nSPS) is 9.86. The first-order valence-corrected chi connectivity index (χ1v) is 8.27. The zero-order chi connectivity index (χ0) is 15.9. The second kappa shape index (κ2) is 20.7. The molecule has 0 amide bonds. The molecule has 0 aromatic heterocycles. The zero-order valence-electron chi connectivity index (χ0n) is 15.7. The fourth-order valence-electron chi connectivity index (χ4n) is 2.07. The third-order valence-corrected chi connectivity index (χ3v) is 3.18. The maximum atomic E-state index is 8.89. The lowest BCUT2D eigenvalue weighted by Gasteiger charge is -2.23. The molecule has 0 aromatic carbocycles. The van der Waals surface area contributed by atoms with Crippen LogP contribution in [0.2, 0.25) is 0 Å². The van der Waals surface area contributed by atoms with Crippen molar-refractivity contribution < 1.29 is 14.4 Å². The van der Waals surface area contributed by atoms with E-state index in [-0.39, 0.29) is 18.6 Å². The number of unbranched alkanes of at least 4 members (excludes halogenated alkanes) is 9. The van der Waals surface area contributed by atoms with Crippen LogP contribution in [0.1, 0.15) is 78.1 Å². The molecule has 0 aromatic rings. The van der Waals surface area contributed by atoms with Gasteiger partial charge in [0.05, 0.1) is 27.7 Å². The Kier molecular flexibility index (Phi) is 27.9. The maximum absolute atomic E-state index is 8.89. The summed E-state index contributed by atoms with van der Waals surface area (Å²) < 4.78 is 1.12. The van der Waals surface area contributed by atoms with Crippen molar-refractivity contribution in [1.29, 1.82) is 0 Å². The average molecular weight is 341 g/mol. The molecule has 4 nitrogen and oxygen atoms in total. The van der Waals surface area contributed by atoms with E-state index in [1.165, 1.54) is 70.8 Å². The number of carbonyl (C=O) groups is 1. The molecule has 5 heteroatoms. The SMILES string of the molecule is CC(=O)[O-].CCCCCCCCCCCC[N+](C)(C)C.Cl.N. The van der Waals surface area contributed by atoms with Gasteiger partial charge in [0.25, 0.3) is 0 Å². The fourth-order valence-corrected chi connectivity index (χ4v) is 2.07. The van der Waals surface area contributed by atoms with Crippen LogP contribution in [0.3, 0.4) is 0 Å². The van der Waals surface area contributed by atoms with Gasteiger partial charge in [-0.15, -0.1) is 12.4 Å². The van der Waals surface area contributed by atoms with E-state index in [1.807, 2.05) is 0 Å². The minimum atomic E-state index is -1.08. The first-order chi connectivity index (χ1) is 9.29. The van der Waals surface area contributed by atoms with E-state index in [4.69, 9.17) is 9.90 Å². The summed E-state index contributed by atoms with van der Waals surface area (Å²) in [6.07, 6.45) is 14.4. The molecule has 0 saturated heterocycles. The lowest BCUT2D eigenvalue weighted by molar-refractivity contribution is -0.870. The smallest absolute Gasteiger partial charge is 0.0780 e. The highest BCUT2D eigenvalue weighted by Crippen LogP contribution is 2.10. The standard InChI is InChI=1S/C15H34N.C2H4O2.ClH.H3N/c1-5-6-7-8-9-10-11-12-13-14-15-16(2,3)4;1-2(3)4;;/h5-15H2,1-4H3;1H3,(H,3,4);1H;1H3/q+1;;;/p-1. The Morgan fingerprint density at radius 3 is 1.36 bits per heavy atom. The van der Waals surface area contributed by atoms with E-state index >= 15 is 0 Å². The monoisotopic (exact) mass is 340 g/mol. The minimum Gasteiger partial charge on any atom is -0.550 e. The van der Waals surface area contributed by atoms with Gasteiger partial charge in [0.2, 0.25) is 0 Å². The van der Waals surface area contributed by atoms with Crippen LogP contribution in [0.25, 0.3) is 0 Å². The molecule has 138 valence electrons. The summed E-state index contributed by atoms with van der Waals surface area (Å²) in [4.78, 5) is 8.89. The lowest BCUT2D eigenvalue weighted by atomic mass is 10.1. The van der Waals surface area contributed by atoms with Gasteiger partial charge in [0.1, 0.15) is 0 Å². The number of carboxylic acid groups (broad SMARTS) is 1. The van der Waals surface area contributed by atoms with Crippen LogP contribution in [0, 0.1) is 0 Å². The van der Waals surface area contributed by atoms with Crippen LogP contribution >= 0.6 is 12.4 Å². The number of hydrogen-bond donors (Lipinski definition) is 1. The highest BCUT2D eigenvalue weighted by molar-refractivity contribution is 5.85. The second-order valence-corrected chi connectivity index (χ2v) is 6.69. The number of hydrogen-bond acceptors (Lipinski definition) is 3. The van der Waals surface area contributed by atoms with Crippen molar-refractivity contribution in [3.05, 3.63) is 0 Å². The van der Waals surface area contributed by atoms with Gasteiger partial charge in [-0.25, -0.2) is 0 Å². The Morgan fingerprint density at radius 1 is 0.818 bits per heavy atom. The van der Waals surface area contributed by atoms with Gasteiger partial charge in [0.15, 0.2) is 0 Å². The van der Waals surface area contributed by atoms with Crippen molar-refractivity contribution in [1.82, 2.24) is 6.15 Å². The quantitative estimate of drug-likeness (QED) is 0.457. The molecule has 0 fully saturated rings. The summed E-state index contributed by atoms with van der Waals surface area (Å²) in [5.74, 6) is -1.08. The van der Waals surface area contributed by atoms with Gasteiger partial charge in [-0.05, 0) is 19.8 Å². The molecule has 22 heavy (non-hydrogen) atoms. The Morgan fingerprint density at radius 2 is 1.09 bits per heavy atom. The van der Waals surface area contributed by atoms with Gasteiger partial charge >= 0.3 is 0 Å². The number of quaternary nitrogens is 1. The summed E-state index contributed by atoms with van der Waals surface area (Å²) in [5.41, 5.74) is 0. The van der Waals surface area contributed by atoms with Crippen LogP contribution in [-0.4, -0.2) is 38.1 Å². The van der Waals surface area contributed by atoms with E-state index < -0.39 is 5.97 Å². The number of aliphatic carboxylic acids is 1. The van der Waals surface area contributed by atoms with E-state index in [0.717, 1.165) is 11.4 Å². The first-order valence-electron chi connectivity index (χ1n) is 8.27. The van der Waals surface area contributed by atoms with Gasteiger partial charge in [0, 0.05) is 5.97 Å². The molecule has 0 heterocycles. The van der Waals surface area contributed by atoms with Gasteiger partial charge in [-0.2, -0.15) is 0 Å². The van der Waals surface area contributed by atoms with Crippen LogP contribution in [0.15, 0.2) is 0 Å². The van der Waals surface area contributed by atoms with Crippen molar-refractivity contribution >= 4 is 18.4 Å². The van der Waals surface area contributed by atoms with Crippen molar-refractivity contribution in [3.63, 3.8) is 0 Å². The topological polar surface area (TPSA) is 75.1 Å². The molecule has 0 saturated carbocycles. The lowest BCUT2D eigenvalue weighted by Crippen LogP contribution is -2.35. The number of nitrogens with zero attached hydrogens (tertiary/aromatic N) is 1. The second-order valence-electron chi connectivity index (χ2n) is 6.69. The molecule has 0 aliphatic rings. The van der Waals surface area contributed by atoms with Gasteiger partial charge in [-0.1, -0.05) is 58.3 Å². The Balaban J connectivity index is -0.000000240. The molecule has 0 radical (unpaired) electrons. The molecular weight excluding hydrogens is 300 g/mol. The molecule has 0 aliphatic carbocycles. The van der Waals surface area contributed by atoms with Gasteiger partial charge < -0.3 is 20.5 Å². The number of rotatable bonds is 11. The third-order valence-electron chi connectivity index (χ3n) is 3.18. The third kappa shape index (κ3) is 42.7. The average Bonchev–Trinajstić information content (AvgIpc) is 2.29. The Labute approximate surface area is 145 Å². The van der Waals surface area contributed by atoms with Crippen LogP contribution in [0.5, 0.6) is 0 Å². The van der Waals surface area contributed by atoms with Crippen molar-refractivity contribution in [2.45, 2.75) is 78.1 Å². The molecule has 0 spiro atoms. The summed E-state index contributed by atoms with van der Waals surface area (Å²) in [6, 6.07) is 0. The fraction of sp³-hybridized carbons (Fsp3) is 0.941.